The molecular weight excluding hydrogens is 556 g/mol. The summed E-state index contributed by atoms with van der Waals surface area (Å²) in [7, 11) is -4.38. The molecule has 7 N–H and O–H groups in total. The summed E-state index contributed by atoms with van der Waals surface area (Å²) < 4.78 is 26.3. The lowest BCUT2D eigenvalue weighted by Crippen LogP contribution is -2.48. The van der Waals surface area contributed by atoms with E-state index in [9.17, 15) is 37.8 Å². The van der Waals surface area contributed by atoms with Gasteiger partial charge in [0.2, 0.25) is 5.91 Å². The van der Waals surface area contributed by atoms with E-state index < -0.39 is 69.3 Å². The second-order valence-corrected chi connectivity index (χ2v) is 11.7. The smallest absolute Gasteiger partial charge is 0.327 e. The third kappa shape index (κ3) is 18.6. The van der Waals surface area contributed by atoms with Crippen LogP contribution in [0.25, 0.3) is 0 Å². The van der Waals surface area contributed by atoms with Crippen LogP contribution in [-0.4, -0.2) is 81.8 Å². The normalized spacial score (nSPS) is 15.4. The number of carbonyl (C=O) groups is 4. The van der Waals surface area contributed by atoms with E-state index in [1.165, 1.54) is 24.6 Å². The first-order valence-electron chi connectivity index (χ1n) is 13.6. The van der Waals surface area contributed by atoms with Crippen molar-refractivity contribution in [3.8, 4) is 0 Å². The van der Waals surface area contributed by atoms with Gasteiger partial charge in [-0.15, -0.1) is 0 Å². The van der Waals surface area contributed by atoms with E-state index in [1.807, 2.05) is 12.2 Å². The van der Waals surface area contributed by atoms with Gasteiger partial charge in [0.25, 0.3) is 0 Å². The van der Waals surface area contributed by atoms with Crippen LogP contribution in [0.3, 0.4) is 0 Å². The van der Waals surface area contributed by atoms with Gasteiger partial charge in [-0.05, 0) is 38.5 Å². The molecule has 1 amide bonds. The van der Waals surface area contributed by atoms with Gasteiger partial charge in [0.1, 0.15) is 17.3 Å². The molecule has 0 aliphatic rings. The summed E-state index contributed by atoms with van der Waals surface area (Å²) in [6, 6.07) is -3.22. The molecule has 0 rings (SSSR count). The predicted octanol–water partition coefficient (Wildman–Crippen LogP) is 2.34. The van der Waals surface area contributed by atoms with E-state index >= 15 is 0 Å². The van der Waals surface area contributed by atoms with E-state index in [2.05, 4.69) is 18.3 Å². The van der Waals surface area contributed by atoms with Gasteiger partial charge >= 0.3 is 17.9 Å². The first-order valence-corrected chi connectivity index (χ1v) is 15.3. The molecule has 12 nitrogen and oxygen atoms in total. The highest BCUT2D eigenvalue weighted by atomic mass is 32.2. The van der Waals surface area contributed by atoms with Gasteiger partial charge in [-0.3, -0.25) is 14.4 Å². The van der Waals surface area contributed by atoms with Crippen molar-refractivity contribution in [1.29, 1.82) is 0 Å². The second kappa shape index (κ2) is 21.5. The molecule has 0 heterocycles. The highest BCUT2D eigenvalue weighted by Gasteiger charge is 2.35. The number of aliphatic hydroxyl groups excluding tert-OH is 1. The Hall–Kier alpha value is -3.29. The van der Waals surface area contributed by atoms with E-state index in [1.54, 1.807) is 12.2 Å². The fourth-order valence-electron chi connectivity index (χ4n) is 3.57. The molecule has 41 heavy (non-hydrogen) atoms. The van der Waals surface area contributed by atoms with Crippen molar-refractivity contribution in [2.45, 2.75) is 94.6 Å². The van der Waals surface area contributed by atoms with Gasteiger partial charge < -0.3 is 31.5 Å². The molecule has 0 aliphatic carbocycles. The number of unbranched alkanes of at least 4 members (excludes halogenated alkanes) is 3. The third-order valence-corrected chi connectivity index (χ3v) is 8.00. The Kier molecular flexibility index (Phi) is 19.7. The number of carboxylic acids is 3. The number of hydrogen-bond acceptors (Lipinski definition) is 8. The summed E-state index contributed by atoms with van der Waals surface area (Å²) in [5, 5.41) is 38.2. The van der Waals surface area contributed by atoms with Crippen molar-refractivity contribution in [1.82, 2.24) is 5.32 Å². The highest BCUT2D eigenvalue weighted by molar-refractivity contribution is 7.92. The maximum atomic E-state index is 13.2. The van der Waals surface area contributed by atoms with Crippen molar-refractivity contribution in [2.75, 3.05) is 5.75 Å². The summed E-state index contributed by atoms with van der Waals surface area (Å²) >= 11 is 0. The van der Waals surface area contributed by atoms with Crippen LogP contribution in [0.1, 0.15) is 71.1 Å². The lowest BCUT2D eigenvalue weighted by atomic mass is 10.1. The van der Waals surface area contributed by atoms with Crippen molar-refractivity contribution in [2.24, 2.45) is 5.73 Å². The van der Waals surface area contributed by atoms with E-state index in [0.717, 1.165) is 25.7 Å². The quantitative estimate of drug-likeness (QED) is 0.0567. The Morgan fingerprint density at radius 2 is 1.54 bits per heavy atom. The van der Waals surface area contributed by atoms with E-state index in [4.69, 9.17) is 15.9 Å². The Bertz CT molecular complexity index is 1050. The zero-order valence-electron chi connectivity index (χ0n) is 23.4. The van der Waals surface area contributed by atoms with Gasteiger partial charge in [-0.2, -0.15) is 0 Å². The minimum Gasteiger partial charge on any atom is -0.481 e. The number of allylic oxidation sites excluding steroid dienone is 7. The van der Waals surface area contributed by atoms with E-state index in [0.29, 0.717) is 0 Å². The minimum atomic E-state index is -4.38. The van der Waals surface area contributed by atoms with Gasteiger partial charge in [0, 0.05) is 12.8 Å². The number of carboxylic acid groups (broad SMARTS) is 3. The highest BCUT2D eigenvalue weighted by Crippen LogP contribution is 2.17. The van der Waals surface area contributed by atoms with Gasteiger partial charge in [-0.25, -0.2) is 13.2 Å². The Balaban J connectivity index is 5.46. The van der Waals surface area contributed by atoms with Crippen LogP contribution in [0.15, 0.2) is 48.6 Å². The fraction of sp³-hybridized carbons (Fsp3) is 0.571. The van der Waals surface area contributed by atoms with Crippen molar-refractivity contribution < 1.29 is 48.0 Å². The summed E-state index contributed by atoms with van der Waals surface area (Å²) in [5.41, 5.74) is 5.33. The molecule has 0 aromatic rings. The number of nitrogens with two attached hydrogens (primary N) is 1. The maximum Gasteiger partial charge on any atom is 0.327 e. The van der Waals surface area contributed by atoms with Crippen LogP contribution in [0.2, 0.25) is 0 Å². The second-order valence-electron chi connectivity index (χ2n) is 9.49. The first kappa shape index (κ1) is 37.7. The number of rotatable bonds is 23. The number of carbonyl (C=O) groups excluding carboxylic acids is 1. The third-order valence-electron chi connectivity index (χ3n) is 5.90. The molecule has 0 aromatic heterocycles. The van der Waals surface area contributed by atoms with Gasteiger partial charge in [0.15, 0.2) is 9.84 Å². The SMILES string of the molecule is CCCCCC=CCC=CC=CC=C[C@H]([C@@H](O)CCCC(=O)O)S(=O)(=O)C[C@H](NC(=O)CC[C@H](N)C(=O)O)C(=O)O. The number of hydrogen-bond donors (Lipinski definition) is 6. The number of sulfone groups is 1. The molecule has 0 saturated carbocycles. The minimum absolute atomic E-state index is 0.0101. The Morgan fingerprint density at radius 3 is 2.15 bits per heavy atom. The number of nitrogens with one attached hydrogen (secondary N) is 1. The van der Waals surface area contributed by atoms with Crippen molar-refractivity contribution in [3.05, 3.63) is 48.6 Å². The van der Waals surface area contributed by atoms with Crippen LogP contribution in [0, 0.1) is 0 Å². The summed E-state index contributed by atoms with van der Waals surface area (Å²) in [5.74, 6) is -6.06. The average Bonchev–Trinajstić information content (AvgIpc) is 2.88. The summed E-state index contributed by atoms with van der Waals surface area (Å²) in [6.07, 6.45) is 16.1. The first-order chi connectivity index (χ1) is 19.3. The monoisotopic (exact) mass is 600 g/mol. The average molecular weight is 601 g/mol. The summed E-state index contributed by atoms with van der Waals surface area (Å²) in [6.45, 7) is 2.14. The Labute approximate surface area is 241 Å². The summed E-state index contributed by atoms with van der Waals surface area (Å²) in [4.78, 5) is 45.4. The Morgan fingerprint density at radius 1 is 0.854 bits per heavy atom. The molecule has 0 fully saturated rings. The maximum absolute atomic E-state index is 13.2. The molecule has 0 aromatic carbocycles. The van der Waals surface area contributed by atoms with Crippen LogP contribution in [0.4, 0.5) is 0 Å². The largest absolute Gasteiger partial charge is 0.481 e. The van der Waals surface area contributed by atoms with Gasteiger partial charge in [-0.1, -0.05) is 68.4 Å². The van der Waals surface area contributed by atoms with Crippen LogP contribution in [0.5, 0.6) is 0 Å². The van der Waals surface area contributed by atoms with Crippen LogP contribution >= 0.6 is 0 Å². The number of aliphatic hydroxyl groups is 1. The number of aliphatic carboxylic acids is 3. The molecule has 0 aliphatic heterocycles. The molecule has 0 radical (unpaired) electrons. The van der Waals surface area contributed by atoms with Crippen LogP contribution < -0.4 is 11.1 Å². The molecule has 0 bridgehead atoms. The standard InChI is InChI=1S/C28H44N2O10S/c1-2-3-4-5-6-7-8-9-10-11-12-13-16-24(23(31)15-14-17-26(33)34)41(39,40)20-22(28(37)38)30-25(32)19-18-21(29)27(35)36/h6-7,9-13,16,21-24,31H,2-5,8,14-15,17-20,29H2,1H3,(H,30,32)(H,33,34)(H,35,36)(H,37,38)/t21-,22-,23-,24+/m0/s1. The number of amides is 1. The van der Waals surface area contributed by atoms with E-state index in [-0.39, 0.29) is 25.7 Å². The lowest BCUT2D eigenvalue weighted by Gasteiger charge is -2.23. The topological polar surface area (TPSA) is 221 Å². The molecule has 0 saturated heterocycles. The molecule has 4 atom stereocenters. The molecule has 0 unspecified atom stereocenters. The van der Waals surface area contributed by atoms with Gasteiger partial charge in [0.05, 0.1) is 11.9 Å². The fourth-order valence-corrected chi connectivity index (χ4v) is 5.43. The zero-order valence-corrected chi connectivity index (χ0v) is 24.2. The molecular formula is C28H44N2O10S. The molecule has 0 spiro atoms. The molecule has 13 heteroatoms. The predicted molar refractivity (Wildman–Crippen MR) is 155 cm³/mol. The lowest BCUT2D eigenvalue weighted by molar-refractivity contribution is -0.141. The van der Waals surface area contributed by atoms with Crippen molar-refractivity contribution in [3.63, 3.8) is 0 Å². The molecule has 232 valence electrons. The van der Waals surface area contributed by atoms with Crippen molar-refractivity contribution >= 4 is 33.7 Å². The zero-order chi connectivity index (χ0) is 31.3. The van der Waals surface area contributed by atoms with Crippen LogP contribution in [-0.2, 0) is 29.0 Å².